The van der Waals surface area contributed by atoms with E-state index in [1.54, 1.807) is 30.3 Å². The summed E-state index contributed by atoms with van der Waals surface area (Å²) in [7, 11) is 0. The Morgan fingerprint density at radius 3 is 2.26 bits per heavy atom. The molecule has 0 aromatic heterocycles. The van der Waals surface area contributed by atoms with Crippen LogP contribution in [0.2, 0.25) is 5.02 Å². The van der Waals surface area contributed by atoms with E-state index in [9.17, 15) is 4.79 Å². The zero-order valence-electron chi connectivity index (χ0n) is 9.94. The normalized spacial score (nSPS) is 11.2. The number of rotatable bonds is 3. The van der Waals surface area contributed by atoms with Gasteiger partial charge in [0, 0.05) is 10.7 Å². The Balaban J connectivity index is 2.07. The molecule has 0 radical (unpaired) electrons. The lowest BCUT2D eigenvalue weighted by molar-refractivity contribution is -0.112. The second-order valence-corrected chi connectivity index (χ2v) is 4.71. The summed E-state index contributed by atoms with van der Waals surface area (Å²) >= 11 is 11.7. The minimum absolute atomic E-state index is 0.126. The third kappa shape index (κ3) is 4.12. The quantitative estimate of drug-likeness (QED) is 0.826. The maximum atomic E-state index is 11.9. The van der Waals surface area contributed by atoms with Crippen LogP contribution >= 0.6 is 23.2 Å². The van der Waals surface area contributed by atoms with Crippen LogP contribution in [0, 0.1) is 0 Å². The summed E-state index contributed by atoms with van der Waals surface area (Å²) in [4.78, 5) is 11.9. The van der Waals surface area contributed by atoms with Crippen molar-refractivity contribution in [2.45, 2.75) is 0 Å². The van der Waals surface area contributed by atoms with E-state index in [2.05, 4.69) is 5.32 Å². The molecule has 1 N–H and O–H groups in total. The van der Waals surface area contributed by atoms with Crippen LogP contribution in [0.5, 0.6) is 0 Å². The van der Waals surface area contributed by atoms with Gasteiger partial charge in [-0.05, 0) is 35.9 Å². The molecule has 0 aliphatic heterocycles. The van der Waals surface area contributed by atoms with Gasteiger partial charge in [-0.15, -0.1) is 0 Å². The van der Waals surface area contributed by atoms with Crippen LogP contribution < -0.4 is 5.32 Å². The number of hydrogen-bond donors (Lipinski definition) is 1. The average Bonchev–Trinajstić information content (AvgIpc) is 2.42. The van der Waals surface area contributed by atoms with E-state index in [4.69, 9.17) is 23.2 Å². The molecule has 19 heavy (non-hydrogen) atoms. The van der Waals surface area contributed by atoms with Crippen molar-refractivity contribution >= 4 is 40.9 Å². The molecular weight excluding hydrogens is 281 g/mol. The van der Waals surface area contributed by atoms with Gasteiger partial charge in [-0.3, -0.25) is 4.79 Å². The number of amides is 1. The van der Waals surface area contributed by atoms with Crippen LogP contribution in [0.15, 0.2) is 59.6 Å². The Morgan fingerprint density at radius 2 is 1.63 bits per heavy atom. The maximum absolute atomic E-state index is 11.9. The molecule has 2 aromatic rings. The first-order valence-electron chi connectivity index (χ1n) is 5.64. The summed E-state index contributed by atoms with van der Waals surface area (Å²) in [5, 5.41) is 3.43. The molecule has 2 aromatic carbocycles. The lowest BCUT2D eigenvalue weighted by atomic mass is 10.2. The molecule has 0 spiro atoms. The van der Waals surface area contributed by atoms with Gasteiger partial charge < -0.3 is 5.32 Å². The number of carbonyl (C=O) groups is 1. The summed E-state index contributed by atoms with van der Waals surface area (Å²) in [5.74, 6) is -0.354. The standard InChI is InChI=1S/C15H11Cl2NO/c16-12-6-8-13(9-7-12)18-15(19)14(17)10-11-4-2-1-3-5-11/h1-10H,(H,18,19)/b14-10-. The first-order valence-corrected chi connectivity index (χ1v) is 6.40. The number of anilines is 1. The highest BCUT2D eigenvalue weighted by molar-refractivity contribution is 6.45. The molecule has 0 unspecified atom stereocenters. The van der Waals surface area contributed by atoms with E-state index in [0.29, 0.717) is 10.7 Å². The van der Waals surface area contributed by atoms with Gasteiger partial charge in [-0.25, -0.2) is 0 Å². The van der Waals surface area contributed by atoms with E-state index >= 15 is 0 Å². The number of halogens is 2. The molecule has 0 aliphatic rings. The number of hydrogen-bond acceptors (Lipinski definition) is 1. The van der Waals surface area contributed by atoms with Gasteiger partial charge in [0.1, 0.15) is 5.03 Å². The van der Waals surface area contributed by atoms with Crippen molar-refractivity contribution in [2.24, 2.45) is 0 Å². The molecular formula is C15H11Cl2NO. The van der Waals surface area contributed by atoms with Crippen molar-refractivity contribution in [3.8, 4) is 0 Å². The molecule has 4 heteroatoms. The van der Waals surface area contributed by atoms with Crippen molar-refractivity contribution in [3.05, 3.63) is 70.2 Å². The first-order chi connectivity index (χ1) is 9.15. The minimum Gasteiger partial charge on any atom is -0.321 e. The summed E-state index contributed by atoms with van der Waals surface area (Å²) in [6.07, 6.45) is 1.62. The molecule has 2 rings (SSSR count). The lowest BCUT2D eigenvalue weighted by Crippen LogP contribution is -2.11. The Bertz CT molecular complexity index is 591. The van der Waals surface area contributed by atoms with E-state index < -0.39 is 0 Å². The molecule has 0 saturated heterocycles. The topological polar surface area (TPSA) is 29.1 Å². The fourth-order valence-corrected chi connectivity index (χ4v) is 1.78. The number of benzene rings is 2. The van der Waals surface area contributed by atoms with Gasteiger partial charge in [0.25, 0.3) is 5.91 Å². The molecule has 0 heterocycles. The second-order valence-electron chi connectivity index (χ2n) is 3.86. The van der Waals surface area contributed by atoms with Crippen molar-refractivity contribution in [1.82, 2.24) is 0 Å². The van der Waals surface area contributed by atoms with Crippen LogP contribution in [0.1, 0.15) is 5.56 Å². The van der Waals surface area contributed by atoms with Gasteiger partial charge in [-0.1, -0.05) is 53.5 Å². The molecule has 96 valence electrons. The fraction of sp³-hybridized carbons (Fsp3) is 0. The molecule has 0 atom stereocenters. The zero-order chi connectivity index (χ0) is 13.7. The van der Waals surface area contributed by atoms with Crippen molar-refractivity contribution in [3.63, 3.8) is 0 Å². The smallest absolute Gasteiger partial charge is 0.267 e. The summed E-state index contributed by atoms with van der Waals surface area (Å²) < 4.78 is 0. The second kappa shape index (κ2) is 6.41. The lowest BCUT2D eigenvalue weighted by Gasteiger charge is -2.04. The van der Waals surface area contributed by atoms with Crippen LogP contribution in [0.25, 0.3) is 6.08 Å². The van der Waals surface area contributed by atoms with E-state index in [1.807, 2.05) is 30.3 Å². The number of carbonyl (C=O) groups excluding carboxylic acids is 1. The highest BCUT2D eigenvalue weighted by Crippen LogP contribution is 2.16. The summed E-state index contributed by atoms with van der Waals surface area (Å²) in [6.45, 7) is 0. The minimum atomic E-state index is -0.354. The Hall–Kier alpha value is -1.77. The van der Waals surface area contributed by atoms with Crippen LogP contribution in [-0.2, 0) is 4.79 Å². The Kier molecular flexibility index (Phi) is 4.61. The van der Waals surface area contributed by atoms with Crippen LogP contribution in [0.3, 0.4) is 0 Å². The van der Waals surface area contributed by atoms with Crippen molar-refractivity contribution < 1.29 is 4.79 Å². The molecule has 0 fully saturated rings. The predicted octanol–water partition coefficient (Wildman–Crippen LogP) is 4.56. The molecule has 0 saturated carbocycles. The van der Waals surface area contributed by atoms with E-state index in [1.165, 1.54) is 0 Å². The first kappa shape index (κ1) is 13.7. The zero-order valence-corrected chi connectivity index (χ0v) is 11.4. The van der Waals surface area contributed by atoms with Gasteiger partial charge >= 0.3 is 0 Å². The van der Waals surface area contributed by atoms with Gasteiger partial charge in [0.2, 0.25) is 0 Å². The molecule has 1 amide bonds. The predicted molar refractivity (Wildman–Crippen MR) is 80.4 cm³/mol. The molecule has 2 nitrogen and oxygen atoms in total. The highest BCUT2D eigenvalue weighted by Gasteiger charge is 2.06. The summed E-state index contributed by atoms with van der Waals surface area (Å²) in [5.41, 5.74) is 1.52. The van der Waals surface area contributed by atoms with Crippen LogP contribution in [0.4, 0.5) is 5.69 Å². The molecule has 0 bridgehead atoms. The third-order valence-corrected chi connectivity index (χ3v) is 2.94. The average molecular weight is 292 g/mol. The molecule has 0 aliphatic carbocycles. The fourth-order valence-electron chi connectivity index (χ4n) is 1.49. The SMILES string of the molecule is O=C(Nc1ccc(Cl)cc1)/C(Cl)=C/c1ccccc1. The Labute approximate surface area is 121 Å². The van der Waals surface area contributed by atoms with E-state index in [-0.39, 0.29) is 10.9 Å². The highest BCUT2D eigenvalue weighted by atomic mass is 35.5. The van der Waals surface area contributed by atoms with Gasteiger partial charge in [0.15, 0.2) is 0 Å². The van der Waals surface area contributed by atoms with Crippen molar-refractivity contribution in [1.29, 1.82) is 0 Å². The monoisotopic (exact) mass is 291 g/mol. The Morgan fingerprint density at radius 1 is 1.00 bits per heavy atom. The van der Waals surface area contributed by atoms with E-state index in [0.717, 1.165) is 5.56 Å². The largest absolute Gasteiger partial charge is 0.321 e. The third-order valence-electron chi connectivity index (χ3n) is 2.41. The van der Waals surface area contributed by atoms with Crippen molar-refractivity contribution in [2.75, 3.05) is 5.32 Å². The summed E-state index contributed by atoms with van der Waals surface area (Å²) in [6, 6.07) is 16.2. The van der Waals surface area contributed by atoms with Gasteiger partial charge in [0.05, 0.1) is 0 Å². The van der Waals surface area contributed by atoms with Gasteiger partial charge in [-0.2, -0.15) is 0 Å². The number of nitrogens with one attached hydrogen (secondary N) is 1. The maximum Gasteiger partial charge on any atom is 0.267 e. The van der Waals surface area contributed by atoms with Crippen LogP contribution in [-0.4, -0.2) is 5.91 Å².